The van der Waals surface area contributed by atoms with Crippen LogP contribution in [0.15, 0.2) is 72.8 Å². The van der Waals surface area contributed by atoms with Crippen LogP contribution in [0.4, 0.5) is 0 Å². The summed E-state index contributed by atoms with van der Waals surface area (Å²) in [5, 5.41) is 11.4. The van der Waals surface area contributed by atoms with E-state index in [1.807, 2.05) is 41.1 Å². The van der Waals surface area contributed by atoms with Gasteiger partial charge in [-0.3, -0.25) is 9.59 Å². The van der Waals surface area contributed by atoms with E-state index in [-0.39, 0.29) is 16.7 Å². The second kappa shape index (κ2) is 11.7. The highest BCUT2D eigenvalue weighted by molar-refractivity contribution is 6.46. The zero-order valence-corrected chi connectivity index (χ0v) is 22.7. The molecular weight excluding hydrogens is 478 g/mol. The van der Waals surface area contributed by atoms with E-state index in [0.29, 0.717) is 37.4 Å². The standard InChI is InChI=1S/C31H37N3O4/c1-5-6-19-38-25-10-7-9-23(20-25)28(35)26-27(22-11-13-24(14-12-22)31(2,3)4)34(30(37)29(26)36)17-8-16-33-18-15-32-21-33/h7,9-15,18,20-21,27,35H,5-6,8,16-17,19H2,1-4H3/b28-26+. The number of Topliss-reactive ketones (excluding diaryl/α,β-unsaturated/α-hetero) is 1. The third-order valence-electron chi connectivity index (χ3n) is 6.88. The molecule has 4 rings (SSSR count). The highest BCUT2D eigenvalue weighted by Crippen LogP contribution is 2.40. The van der Waals surface area contributed by atoms with Crippen LogP contribution in [0.1, 0.15) is 69.7 Å². The molecule has 1 atom stereocenters. The zero-order valence-electron chi connectivity index (χ0n) is 22.7. The summed E-state index contributed by atoms with van der Waals surface area (Å²) in [7, 11) is 0. The molecule has 3 aromatic rings. The predicted molar refractivity (Wildman–Crippen MR) is 148 cm³/mol. The summed E-state index contributed by atoms with van der Waals surface area (Å²) < 4.78 is 7.75. The molecule has 0 aliphatic carbocycles. The molecule has 200 valence electrons. The van der Waals surface area contributed by atoms with Crippen molar-refractivity contribution in [2.75, 3.05) is 13.2 Å². The van der Waals surface area contributed by atoms with E-state index in [9.17, 15) is 14.7 Å². The van der Waals surface area contributed by atoms with Crippen molar-refractivity contribution in [1.29, 1.82) is 0 Å². The summed E-state index contributed by atoms with van der Waals surface area (Å²) >= 11 is 0. The molecule has 7 heteroatoms. The molecule has 1 unspecified atom stereocenters. The van der Waals surface area contributed by atoms with Gasteiger partial charge >= 0.3 is 0 Å². The number of imidazole rings is 1. The first-order valence-corrected chi connectivity index (χ1v) is 13.3. The van der Waals surface area contributed by atoms with E-state index < -0.39 is 17.7 Å². The highest BCUT2D eigenvalue weighted by Gasteiger charge is 2.45. The fraction of sp³-hybridized carbons (Fsp3) is 0.387. The maximum Gasteiger partial charge on any atom is 0.295 e. The van der Waals surface area contributed by atoms with Crippen molar-refractivity contribution in [2.45, 2.75) is 65.0 Å². The normalized spacial score (nSPS) is 17.3. The number of hydrogen-bond donors (Lipinski definition) is 1. The Hall–Kier alpha value is -3.87. The second-order valence-electron chi connectivity index (χ2n) is 10.7. The third-order valence-corrected chi connectivity index (χ3v) is 6.88. The summed E-state index contributed by atoms with van der Waals surface area (Å²) in [5.41, 5.74) is 2.45. The van der Waals surface area contributed by atoms with Gasteiger partial charge in [-0.1, -0.05) is 70.5 Å². The number of ether oxygens (including phenoxy) is 1. The maximum absolute atomic E-state index is 13.4. The average molecular weight is 516 g/mol. The van der Waals surface area contributed by atoms with Crippen LogP contribution in [0.25, 0.3) is 5.76 Å². The molecule has 1 saturated heterocycles. The molecule has 1 aliphatic rings. The van der Waals surface area contributed by atoms with E-state index in [4.69, 9.17) is 4.74 Å². The van der Waals surface area contributed by atoms with Crippen LogP contribution >= 0.6 is 0 Å². The van der Waals surface area contributed by atoms with Crippen LogP contribution < -0.4 is 4.74 Å². The van der Waals surface area contributed by atoms with Gasteiger partial charge in [-0.05, 0) is 41.5 Å². The first kappa shape index (κ1) is 27.2. The number of amides is 1. The number of nitrogens with zero attached hydrogens (tertiary/aromatic N) is 3. The number of ketones is 1. The van der Waals surface area contributed by atoms with E-state index in [2.05, 4.69) is 32.7 Å². The number of unbranched alkanes of at least 4 members (excludes halogenated alkanes) is 1. The molecule has 2 aromatic carbocycles. The Bertz CT molecular complexity index is 1290. The largest absolute Gasteiger partial charge is 0.507 e. The molecular formula is C31H37N3O4. The van der Waals surface area contributed by atoms with Crippen LogP contribution in [0.3, 0.4) is 0 Å². The number of likely N-dealkylation sites (tertiary alicyclic amines) is 1. The van der Waals surface area contributed by atoms with E-state index in [1.54, 1.807) is 35.6 Å². The van der Waals surface area contributed by atoms with Gasteiger partial charge in [0.05, 0.1) is 24.5 Å². The van der Waals surface area contributed by atoms with Gasteiger partial charge in [-0.2, -0.15) is 0 Å². The topological polar surface area (TPSA) is 84.7 Å². The monoisotopic (exact) mass is 515 g/mol. The van der Waals surface area contributed by atoms with Gasteiger partial charge in [0.1, 0.15) is 11.5 Å². The number of aliphatic hydroxyl groups excluding tert-OH is 1. The second-order valence-corrected chi connectivity index (χ2v) is 10.7. The lowest BCUT2D eigenvalue weighted by Gasteiger charge is -2.26. The lowest BCUT2D eigenvalue weighted by molar-refractivity contribution is -0.139. The Kier molecular flexibility index (Phi) is 8.35. The lowest BCUT2D eigenvalue weighted by atomic mass is 9.85. The van der Waals surface area contributed by atoms with Crippen LogP contribution in [0, 0.1) is 0 Å². The fourth-order valence-corrected chi connectivity index (χ4v) is 4.69. The smallest absolute Gasteiger partial charge is 0.295 e. The van der Waals surface area contributed by atoms with Crippen molar-refractivity contribution in [3.63, 3.8) is 0 Å². The van der Waals surface area contributed by atoms with E-state index in [0.717, 1.165) is 24.0 Å². The van der Waals surface area contributed by atoms with Gasteiger partial charge in [-0.25, -0.2) is 4.98 Å². The summed E-state index contributed by atoms with van der Waals surface area (Å²) in [4.78, 5) is 32.3. The number of hydrogen-bond acceptors (Lipinski definition) is 5. The summed E-state index contributed by atoms with van der Waals surface area (Å²) in [6.45, 7) is 10.1. The predicted octanol–water partition coefficient (Wildman–Crippen LogP) is 5.87. The Morgan fingerprint density at radius 1 is 1.05 bits per heavy atom. The molecule has 38 heavy (non-hydrogen) atoms. The first-order valence-electron chi connectivity index (χ1n) is 13.3. The molecule has 1 N–H and O–H groups in total. The quantitative estimate of drug-likeness (QED) is 0.158. The molecule has 2 heterocycles. The molecule has 0 bridgehead atoms. The van der Waals surface area contributed by atoms with Crippen LogP contribution in [0.2, 0.25) is 0 Å². The Labute approximate surface area is 224 Å². The van der Waals surface area contributed by atoms with Gasteiger partial charge in [0.15, 0.2) is 0 Å². The Morgan fingerprint density at radius 2 is 1.82 bits per heavy atom. The maximum atomic E-state index is 13.4. The number of carbonyl (C=O) groups is 2. The number of aromatic nitrogens is 2. The van der Waals surface area contributed by atoms with Gasteiger partial charge in [0, 0.05) is 31.0 Å². The minimum absolute atomic E-state index is 0.0383. The Morgan fingerprint density at radius 3 is 2.47 bits per heavy atom. The fourth-order valence-electron chi connectivity index (χ4n) is 4.69. The van der Waals surface area contributed by atoms with Crippen molar-refractivity contribution < 1.29 is 19.4 Å². The molecule has 7 nitrogen and oxygen atoms in total. The first-order chi connectivity index (χ1) is 18.2. The van der Waals surface area contributed by atoms with Crippen molar-refractivity contribution in [3.05, 3.63) is 89.5 Å². The third kappa shape index (κ3) is 5.98. The number of carbonyl (C=O) groups excluding carboxylic acids is 2. The number of aliphatic hydroxyl groups is 1. The lowest BCUT2D eigenvalue weighted by Crippen LogP contribution is -2.31. The zero-order chi connectivity index (χ0) is 27.3. The van der Waals surface area contributed by atoms with Gasteiger partial charge < -0.3 is 19.3 Å². The molecule has 0 radical (unpaired) electrons. The molecule has 1 fully saturated rings. The van der Waals surface area contributed by atoms with Gasteiger partial charge in [0.2, 0.25) is 0 Å². The van der Waals surface area contributed by atoms with Crippen molar-refractivity contribution >= 4 is 17.4 Å². The van der Waals surface area contributed by atoms with Crippen LogP contribution in [-0.2, 0) is 21.5 Å². The van der Waals surface area contributed by atoms with Crippen molar-refractivity contribution in [1.82, 2.24) is 14.5 Å². The minimum atomic E-state index is -0.684. The molecule has 1 aromatic heterocycles. The van der Waals surface area contributed by atoms with Crippen molar-refractivity contribution in [2.24, 2.45) is 0 Å². The molecule has 0 saturated carbocycles. The molecule has 0 spiro atoms. The van der Waals surface area contributed by atoms with Crippen molar-refractivity contribution in [3.8, 4) is 5.75 Å². The molecule has 1 aliphatic heterocycles. The summed E-state index contributed by atoms with van der Waals surface area (Å²) in [6, 6.07) is 14.3. The number of aryl methyl sites for hydroxylation is 1. The van der Waals surface area contributed by atoms with Gasteiger partial charge in [-0.15, -0.1) is 0 Å². The summed E-state index contributed by atoms with van der Waals surface area (Å²) in [6.07, 6.45) is 7.88. The highest BCUT2D eigenvalue weighted by atomic mass is 16.5. The molecule has 1 amide bonds. The SMILES string of the molecule is CCCCOc1cccc(/C(O)=C2\C(=O)C(=O)N(CCCn3ccnc3)C2c2ccc(C(C)(C)C)cc2)c1. The average Bonchev–Trinajstić information content (AvgIpc) is 3.50. The Balaban J connectivity index is 1.71. The van der Waals surface area contributed by atoms with Gasteiger partial charge in [0.25, 0.3) is 11.7 Å². The van der Waals surface area contributed by atoms with E-state index >= 15 is 0 Å². The minimum Gasteiger partial charge on any atom is -0.507 e. The number of benzene rings is 2. The van der Waals surface area contributed by atoms with Crippen LogP contribution in [0.5, 0.6) is 5.75 Å². The van der Waals surface area contributed by atoms with E-state index in [1.165, 1.54) is 0 Å². The van der Waals surface area contributed by atoms with Crippen LogP contribution in [-0.4, -0.2) is 44.4 Å². The summed E-state index contributed by atoms with van der Waals surface area (Å²) in [5.74, 6) is -0.848. The number of rotatable bonds is 10.